The number of nitrogens with one attached hydrogen (secondary N) is 2. The van der Waals surface area contributed by atoms with E-state index in [1.807, 2.05) is 37.2 Å². The first kappa shape index (κ1) is 24.6. The number of likely N-dealkylation sites (N-methyl/N-ethyl adjacent to an activating group) is 1. The Balaban J connectivity index is 2.09. The highest BCUT2D eigenvalue weighted by Gasteiger charge is 2.28. The lowest BCUT2D eigenvalue weighted by molar-refractivity contribution is -0.123. The maximum absolute atomic E-state index is 12.6. The van der Waals surface area contributed by atoms with Crippen molar-refractivity contribution < 1.29 is 31.1 Å². The van der Waals surface area contributed by atoms with Crippen LogP contribution in [0.15, 0.2) is 53.4 Å². The van der Waals surface area contributed by atoms with E-state index >= 15 is 0 Å². The molecule has 0 bridgehead atoms. The summed E-state index contributed by atoms with van der Waals surface area (Å²) in [6.07, 6.45) is -4.53. The van der Waals surface area contributed by atoms with Gasteiger partial charge in [0.2, 0.25) is 10.0 Å². The number of rotatable bonds is 9. The molecule has 0 radical (unpaired) electrons. The third kappa shape index (κ3) is 7.23. The molecule has 0 aliphatic heterocycles. The average molecular weight is 459 g/mol. The van der Waals surface area contributed by atoms with Crippen molar-refractivity contribution in [2.45, 2.75) is 17.1 Å². The quantitative estimate of drug-likeness (QED) is 0.602. The maximum Gasteiger partial charge on any atom is 0.405 e. The molecule has 0 saturated carbocycles. The van der Waals surface area contributed by atoms with Crippen LogP contribution in [0.4, 0.5) is 13.2 Å². The van der Waals surface area contributed by atoms with Gasteiger partial charge in [0.05, 0.1) is 12.0 Å². The van der Waals surface area contributed by atoms with Crippen molar-refractivity contribution in [2.75, 3.05) is 34.3 Å². The number of alkyl halides is 3. The van der Waals surface area contributed by atoms with E-state index in [2.05, 4.69) is 4.72 Å². The standard InChI is InChI=1S/C20H24F3N3O4S/c1-26(2)18(15-5-4-6-16(11-15)30-3)12-25-31(28,29)17-9-7-14(8-10-17)19(27)24-13-20(21,22)23/h4-11,18,25H,12-13H2,1-3H3,(H,24,27). The number of benzene rings is 2. The van der Waals surface area contributed by atoms with Crippen LogP contribution >= 0.6 is 0 Å². The summed E-state index contributed by atoms with van der Waals surface area (Å²) in [5.74, 6) is -0.300. The van der Waals surface area contributed by atoms with Gasteiger partial charge in [0.15, 0.2) is 0 Å². The van der Waals surface area contributed by atoms with Crippen LogP contribution in [-0.4, -0.2) is 59.7 Å². The maximum atomic E-state index is 12.6. The lowest BCUT2D eigenvalue weighted by atomic mass is 10.1. The summed E-state index contributed by atoms with van der Waals surface area (Å²) < 4.78 is 69.7. The SMILES string of the molecule is COc1cccc(C(CNS(=O)(=O)c2ccc(C(=O)NCC(F)(F)F)cc2)N(C)C)c1. The van der Waals surface area contributed by atoms with Crippen LogP contribution in [0.1, 0.15) is 22.0 Å². The lowest BCUT2D eigenvalue weighted by Gasteiger charge is -2.25. The molecule has 7 nitrogen and oxygen atoms in total. The molecule has 2 aromatic rings. The Morgan fingerprint density at radius 3 is 2.32 bits per heavy atom. The van der Waals surface area contributed by atoms with Gasteiger partial charge in [0, 0.05) is 18.2 Å². The highest BCUT2D eigenvalue weighted by molar-refractivity contribution is 7.89. The van der Waals surface area contributed by atoms with Crippen LogP contribution in [0.2, 0.25) is 0 Å². The van der Waals surface area contributed by atoms with Crippen LogP contribution in [-0.2, 0) is 10.0 Å². The molecule has 1 unspecified atom stereocenters. The smallest absolute Gasteiger partial charge is 0.405 e. The molecule has 2 N–H and O–H groups in total. The number of ether oxygens (including phenoxy) is 1. The monoisotopic (exact) mass is 459 g/mol. The molecule has 1 amide bonds. The number of carbonyl (C=O) groups is 1. The van der Waals surface area contributed by atoms with Gasteiger partial charge in [0.25, 0.3) is 5.91 Å². The molecule has 0 aliphatic carbocycles. The van der Waals surface area contributed by atoms with Gasteiger partial charge in [-0.15, -0.1) is 0 Å². The number of amides is 1. The van der Waals surface area contributed by atoms with Crippen LogP contribution in [0.5, 0.6) is 5.75 Å². The minimum Gasteiger partial charge on any atom is -0.497 e. The van der Waals surface area contributed by atoms with Gasteiger partial charge in [-0.2, -0.15) is 13.2 Å². The highest BCUT2D eigenvalue weighted by atomic mass is 32.2. The van der Waals surface area contributed by atoms with E-state index in [9.17, 15) is 26.4 Å². The van der Waals surface area contributed by atoms with Crippen molar-refractivity contribution in [3.8, 4) is 5.75 Å². The minimum atomic E-state index is -4.53. The Kier molecular flexibility index (Phi) is 8.04. The van der Waals surface area contributed by atoms with E-state index in [-0.39, 0.29) is 23.0 Å². The number of methoxy groups -OCH3 is 1. The zero-order valence-electron chi connectivity index (χ0n) is 17.2. The molecule has 2 rings (SSSR count). The summed E-state index contributed by atoms with van der Waals surface area (Å²) in [7, 11) is 1.26. The average Bonchev–Trinajstić information content (AvgIpc) is 2.71. The number of carbonyl (C=O) groups excluding carboxylic acids is 1. The van der Waals surface area contributed by atoms with Crippen molar-refractivity contribution in [1.82, 2.24) is 14.9 Å². The third-order valence-corrected chi connectivity index (χ3v) is 5.88. The van der Waals surface area contributed by atoms with E-state index in [0.29, 0.717) is 5.75 Å². The topological polar surface area (TPSA) is 87.7 Å². The fourth-order valence-electron chi connectivity index (χ4n) is 2.79. The Bertz CT molecular complexity index is 993. The molecule has 170 valence electrons. The summed E-state index contributed by atoms with van der Waals surface area (Å²) >= 11 is 0. The third-order valence-electron chi connectivity index (χ3n) is 4.44. The number of sulfonamides is 1. The molecule has 0 aromatic heterocycles. The predicted octanol–water partition coefficient (Wildman–Crippen LogP) is 2.57. The summed E-state index contributed by atoms with van der Waals surface area (Å²) in [5, 5.41) is 1.73. The first-order valence-electron chi connectivity index (χ1n) is 9.18. The Morgan fingerprint density at radius 1 is 1.13 bits per heavy atom. The molecular formula is C20H24F3N3O4S. The number of hydrogen-bond donors (Lipinski definition) is 2. The van der Waals surface area contributed by atoms with Crippen molar-refractivity contribution in [2.24, 2.45) is 0 Å². The molecule has 0 aliphatic rings. The number of nitrogens with zero attached hydrogens (tertiary/aromatic N) is 1. The summed E-state index contributed by atoms with van der Waals surface area (Å²) in [6, 6.07) is 11.6. The van der Waals surface area contributed by atoms with Crippen LogP contribution < -0.4 is 14.8 Å². The zero-order chi connectivity index (χ0) is 23.2. The van der Waals surface area contributed by atoms with E-state index < -0.39 is 28.7 Å². The Labute approximate surface area is 179 Å². The van der Waals surface area contributed by atoms with Crippen molar-refractivity contribution in [3.63, 3.8) is 0 Å². The van der Waals surface area contributed by atoms with Gasteiger partial charge in [-0.3, -0.25) is 4.79 Å². The van der Waals surface area contributed by atoms with E-state index in [1.54, 1.807) is 18.5 Å². The first-order valence-corrected chi connectivity index (χ1v) is 10.7. The number of hydrogen-bond acceptors (Lipinski definition) is 5. The predicted molar refractivity (Wildman–Crippen MR) is 109 cm³/mol. The van der Waals surface area contributed by atoms with Gasteiger partial charge in [0.1, 0.15) is 12.3 Å². The first-order chi connectivity index (χ1) is 14.4. The largest absolute Gasteiger partial charge is 0.497 e. The molecule has 0 spiro atoms. The highest BCUT2D eigenvalue weighted by Crippen LogP contribution is 2.23. The van der Waals surface area contributed by atoms with Gasteiger partial charge in [-0.25, -0.2) is 13.1 Å². The molecule has 1 atom stereocenters. The van der Waals surface area contributed by atoms with Crippen LogP contribution in [0.25, 0.3) is 0 Å². The Hall–Kier alpha value is -2.63. The summed E-state index contributed by atoms with van der Waals surface area (Å²) in [5.41, 5.74) is 0.773. The molecule has 11 heteroatoms. The van der Waals surface area contributed by atoms with Crippen LogP contribution in [0.3, 0.4) is 0 Å². The minimum absolute atomic E-state index is 0.0658. The zero-order valence-corrected chi connectivity index (χ0v) is 18.0. The van der Waals surface area contributed by atoms with E-state index in [4.69, 9.17) is 4.74 Å². The molecule has 0 fully saturated rings. The van der Waals surface area contributed by atoms with Gasteiger partial charge >= 0.3 is 6.18 Å². The van der Waals surface area contributed by atoms with E-state index in [0.717, 1.165) is 17.7 Å². The van der Waals surface area contributed by atoms with Crippen molar-refractivity contribution in [1.29, 1.82) is 0 Å². The second-order valence-electron chi connectivity index (χ2n) is 6.93. The summed E-state index contributed by atoms with van der Waals surface area (Å²) in [4.78, 5) is 13.5. The molecule has 0 saturated heterocycles. The molecule has 2 aromatic carbocycles. The van der Waals surface area contributed by atoms with Gasteiger partial charge in [-0.1, -0.05) is 12.1 Å². The molecule has 0 heterocycles. The lowest BCUT2D eigenvalue weighted by Crippen LogP contribution is -2.35. The fraction of sp³-hybridized carbons (Fsp3) is 0.350. The van der Waals surface area contributed by atoms with Gasteiger partial charge < -0.3 is 15.0 Å². The summed E-state index contributed by atoms with van der Waals surface area (Å²) in [6.45, 7) is -1.40. The second-order valence-corrected chi connectivity index (χ2v) is 8.70. The Morgan fingerprint density at radius 2 is 1.77 bits per heavy atom. The molecule has 31 heavy (non-hydrogen) atoms. The number of halogens is 3. The van der Waals surface area contributed by atoms with E-state index in [1.165, 1.54) is 12.1 Å². The molecular weight excluding hydrogens is 435 g/mol. The van der Waals surface area contributed by atoms with Gasteiger partial charge in [-0.05, 0) is 56.1 Å². The fourth-order valence-corrected chi connectivity index (χ4v) is 3.83. The van der Waals surface area contributed by atoms with Crippen LogP contribution in [0, 0.1) is 0 Å². The normalized spacial score (nSPS) is 13.1. The second kappa shape index (κ2) is 10.1. The van der Waals surface area contributed by atoms with Crippen molar-refractivity contribution >= 4 is 15.9 Å². The van der Waals surface area contributed by atoms with Crippen molar-refractivity contribution in [3.05, 3.63) is 59.7 Å².